The van der Waals surface area contributed by atoms with E-state index in [4.69, 9.17) is 23.2 Å². The van der Waals surface area contributed by atoms with Gasteiger partial charge in [0, 0.05) is 28.4 Å². The highest BCUT2D eigenvalue weighted by Gasteiger charge is 2.16. The Kier molecular flexibility index (Phi) is 5.38. The summed E-state index contributed by atoms with van der Waals surface area (Å²) in [6.07, 6.45) is 2.12. The van der Waals surface area contributed by atoms with Gasteiger partial charge in [-0.3, -0.25) is 4.98 Å². The van der Waals surface area contributed by atoms with Gasteiger partial charge in [0.1, 0.15) is 0 Å². The lowest BCUT2D eigenvalue weighted by Gasteiger charge is -2.15. The molecule has 0 aliphatic rings. The van der Waals surface area contributed by atoms with Crippen molar-refractivity contribution in [3.05, 3.63) is 58.3 Å². The van der Waals surface area contributed by atoms with Crippen molar-refractivity contribution in [2.45, 2.75) is 6.10 Å². The topological polar surface area (TPSA) is 74.2 Å². The lowest BCUT2D eigenvalue weighted by Crippen LogP contribution is -2.32. The Balaban J connectivity index is 1.92. The monoisotopic (exact) mass is 325 g/mol. The molecule has 2 amide bonds. The number of benzene rings is 1. The maximum atomic E-state index is 11.7. The number of hydrogen-bond acceptors (Lipinski definition) is 3. The van der Waals surface area contributed by atoms with Crippen molar-refractivity contribution in [1.82, 2.24) is 10.3 Å². The molecule has 1 heterocycles. The lowest BCUT2D eigenvalue weighted by atomic mass is 10.1. The number of halogens is 2. The van der Waals surface area contributed by atoms with Crippen LogP contribution in [0.2, 0.25) is 10.0 Å². The van der Waals surface area contributed by atoms with Crippen LogP contribution in [-0.4, -0.2) is 22.7 Å². The van der Waals surface area contributed by atoms with Gasteiger partial charge in [-0.1, -0.05) is 29.3 Å². The zero-order valence-electron chi connectivity index (χ0n) is 10.9. The second kappa shape index (κ2) is 7.26. The minimum absolute atomic E-state index is 0.0183. The molecule has 1 aromatic heterocycles. The molecular weight excluding hydrogens is 313 g/mol. The van der Waals surface area contributed by atoms with Crippen molar-refractivity contribution in [3.8, 4) is 0 Å². The number of aliphatic hydroxyl groups excluding tert-OH is 1. The van der Waals surface area contributed by atoms with E-state index in [9.17, 15) is 9.90 Å². The van der Waals surface area contributed by atoms with Crippen molar-refractivity contribution >= 4 is 34.9 Å². The fraction of sp³-hybridized carbons (Fsp3) is 0.143. The van der Waals surface area contributed by atoms with Crippen LogP contribution in [0.4, 0.5) is 10.5 Å². The third kappa shape index (κ3) is 4.32. The summed E-state index contributed by atoms with van der Waals surface area (Å²) in [5.41, 5.74) is 0.947. The number of anilines is 1. The van der Waals surface area contributed by atoms with Gasteiger partial charge < -0.3 is 15.7 Å². The molecule has 21 heavy (non-hydrogen) atoms. The number of amides is 2. The van der Waals surface area contributed by atoms with Crippen LogP contribution in [0.1, 0.15) is 11.7 Å². The number of rotatable bonds is 4. The van der Waals surface area contributed by atoms with E-state index in [-0.39, 0.29) is 6.54 Å². The molecule has 5 nitrogen and oxygen atoms in total. The number of carbonyl (C=O) groups is 1. The molecule has 0 bridgehead atoms. The summed E-state index contributed by atoms with van der Waals surface area (Å²) in [5.74, 6) is 0. The average Bonchev–Trinajstić information content (AvgIpc) is 2.46. The molecule has 2 rings (SSSR count). The molecule has 0 spiro atoms. The Morgan fingerprint density at radius 2 is 1.95 bits per heavy atom. The van der Waals surface area contributed by atoms with Crippen LogP contribution < -0.4 is 10.6 Å². The first kappa shape index (κ1) is 15.6. The molecule has 0 aliphatic heterocycles. The van der Waals surface area contributed by atoms with Gasteiger partial charge in [0.25, 0.3) is 0 Å². The van der Waals surface area contributed by atoms with Crippen LogP contribution >= 0.6 is 23.2 Å². The number of aliphatic hydroxyl groups is 1. The van der Waals surface area contributed by atoms with Crippen molar-refractivity contribution in [3.63, 3.8) is 0 Å². The second-order valence-corrected chi connectivity index (χ2v) is 5.04. The molecule has 3 N–H and O–H groups in total. The van der Waals surface area contributed by atoms with Crippen molar-refractivity contribution in [2.24, 2.45) is 0 Å². The van der Waals surface area contributed by atoms with Crippen LogP contribution in [0.15, 0.2) is 42.7 Å². The summed E-state index contributed by atoms with van der Waals surface area (Å²) >= 11 is 12.0. The van der Waals surface area contributed by atoms with E-state index in [1.807, 2.05) is 0 Å². The first-order chi connectivity index (χ1) is 10.1. The Hall–Kier alpha value is -1.82. The largest absolute Gasteiger partial charge is 0.386 e. The van der Waals surface area contributed by atoms with E-state index in [1.54, 1.807) is 36.5 Å². The summed E-state index contributed by atoms with van der Waals surface area (Å²) in [6, 6.07) is 7.89. The van der Waals surface area contributed by atoms with Crippen molar-refractivity contribution in [2.75, 3.05) is 11.9 Å². The van der Waals surface area contributed by atoms with Gasteiger partial charge in [0.2, 0.25) is 0 Å². The minimum atomic E-state index is -0.995. The van der Waals surface area contributed by atoms with E-state index in [1.165, 1.54) is 6.20 Å². The first-order valence-electron chi connectivity index (χ1n) is 6.15. The van der Waals surface area contributed by atoms with Crippen LogP contribution in [0.5, 0.6) is 0 Å². The van der Waals surface area contributed by atoms with E-state index in [0.29, 0.717) is 21.3 Å². The first-order valence-corrected chi connectivity index (χ1v) is 6.90. The average molecular weight is 326 g/mol. The number of nitrogens with one attached hydrogen (secondary N) is 2. The smallest absolute Gasteiger partial charge is 0.319 e. The summed E-state index contributed by atoms with van der Waals surface area (Å²) in [6.45, 7) is -0.0183. The summed E-state index contributed by atoms with van der Waals surface area (Å²) in [4.78, 5) is 15.6. The van der Waals surface area contributed by atoms with E-state index < -0.39 is 12.1 Å². The van der Waals surface area contributed by atoms with Crippen LogP contribution in [0, 0.1) is 0 Å². The maximum Gasteiger partial charge on any atom is 0.319 e. The van der Waals surface area contributed by atoms with Gasteiger partial charge in [0.05, 0.1) is 18.0 Å². The van der Waals surface area contributed by atoms with Gasteiger partial charge in [-0.2, -0.15) is 0 Å². The van der Waals surface area contributed by atoms with Crippen LogP contribution in [-0.2, 0) is 0 Å². The molecule has 1 atom stereocenters. The molecule has 0 unspecified atom stereocenters. The number of nitrogens with zero attached hydrogens (tertiary/aromatic N) is 1. The highest BCUT2D eigenvalue weighted by Crippen LogP contribution is 2.29. The van der Waals surface area contributed by atoms with Crippen molar-refractivity contribution in [1.29, 1.82) is 0 Å². The maximum absolute atomic E-state index is 11.7. The SMILES string of the molecule is O=C(NC[C@H](O)c1c(Cl)cccc1Cl)Nc1cccnc1. The summed E-state index contributed by atoms with van der Waals surface area (Å²) in [7, 11) is 0. The predicted octanol–water partition coefficient (Wildman–Crippen LogP) is 3.24. The number of aromatic nitrogens is 1. The molecule has 1 aromatic carbocycles. The number of hydrogen-bond donors (Lipinski definition) is 3. The molecule has 7 heteroatoms. The third-order valence-electron chi connectivity index (χ3n) is 2.71. The van der Waals surface area contributed by atoms with E-state index in [0.717, 1.165) is 0 Å². The molecule has 0 saturated heterocycles. The Morgan fingerprint density at radius 1 is 1.24 bits per heavy atom. The van der Waals surface area contributed by atoms with Crippen LogP contribution in [0.25, 0.3) is 0 Å². The van der Waals surface area contributed by atoms with Crippen LogP contribution in [0.3, 0.4) is 0 Å². The fourth-order valence-electron chi connectivity index (χ4n) is 1.73. The minimum Gasteiger partial charge on any atom is -0.386 e. The predicted molar refractivity (Wildman–Crippen MR) is 82.7 cm³/mol. The van der Waals surface area contributed by atoms with Gasteiger partial charge in [-0.05, 0) is 24.3 Å². The molecule has 0 aliphatic carbocycles. The second-order valence-electron chi connectivity index (χ2n) is 4.23. The normalized spacial score (nSPS) is 11.8. The Bertz CT molecular complexity index is 603. The summed E-state index contributed by atoms with van der Waals surface area (Å²) in [5, 5.41) is 15.9. The highest BCUT2D eigenvalue weighted by molar-refractivity contribution is 6.36. The number of pyridine rings is 1. The molecule has 0 fully saturated rings. The quantitative estimate of drug-likeness (QED) is 0.807. The molecule has 0 radical (unpaired) electrons. The Morgan fingerprint density at radius 3 is 2.57 bits per heavy atom. The zero-order valence-corrected chi connectivity index (χ0v) is 12.4. The van der Waals surface area contributed by atoms with Gasteiger partial charge in [0.15, 0.2) is 0 Å². The number of urea groups is 1. The third-order valence-corrected chi connectivity index (χ3v) is 3.37. The van der Waals surface area contributed by atoms with Crippen molar-refractivity contribution < 1.29 is 9.90 Å². The van der Waals surface area contributed by atoms with E-state index in [2.05, 4.69) is 15.6 Å². The molecular formula is C14H13Cl2N3O2. The molecule has 110 valence electrons. The highest BCUT2D eigenvalue weighted by atomic mass is 35.5. The zero-order chi connectivity index (χ0) is 15.2. The van der Waals surface area contributed by atoms with E-state index >= 15 is 0 Å². The van der Waals surface area contributed by atoms with Gasteiger partial charge in [-0.25, -0.2) is 4.79 Å². The fourth-order valence-corrected chi connectivity index (χ4v) is 2.38. The lowest BCUT2D eigenvalue weighted by molar-refractivity contribution is 0.175. The number of carbonyl (C=O) groups excluding carboxylic acids is 1. The standard InChI is InChI=1S/C14H13Cl2N3O2/c15-10-4-1-5-11(16)13(10)12(20)8-18-14(21)19-9-3-2-6-17-7-9/h1-7,12,20H,8H2,(H2,18,19,21)/t12-/m0/s1. The Labute approximate surface area is 131 Å². The molecule has 2 aromatic rings. The molecule has 0 saturated carbocycles. The van der Waals surface area contributed by atoms with Gasteiger partial charge in [-0.15, -0.1) is 0 Å². The summed E-state index contributed by atoms with van der Waals surface area (Å²) < 4.78 is 0. The van der Waals surface area contributed by atoms with Gasteiger partial charge >= 0.3 is 6.03 Å².